The number of halogens is 1. The van der Waals surface area contributed by atoms with Crippen molar-refractivity contribution < 1.29 is 28.6 Å². The molecule has 1 N–H and O–H groups in total. The summed E-state index contributed by atoms with van der Waals surface area (Å²) >= 11 is 0. The van der Waals surface area contributed by atoms with Gasteiger partial charge in [-0.2, -0.15) is 0 Å². The second kappa shape index (κ2) is 12.4. The molecule has 0 aromatic heterocycles. The molecule has 37 heavy (non-hydrogen) atoms. The van der Waals surface area contributed by atoms with E-state index in [2.05, 4.69) is 13.8 Å². The molecule has 2 aromatic carbocycles. The molecule has 0 aliphatic carbocycles. The predicted molar refractivity (Wildman–Crippen MR) is 138 cm³/mol. The maximum Gasteiger partial charge on any atom is 0.309 e. The summed E-state index contributed by atoms with van der Waals surface area (Å²) in [4.78, 5) is 30.1. The number of carbonyl (C=O) groups is 2. The molecule has 2 heterocycles. The minimum absolute atomic E-state index is 0.000903. The van der Waals surface area contributed by atoms with Crippen molar-refractivity contribution in [2.75, 3.05) is 39.4 Å². The average Bonchev–Trinajstić information content (AvgIpc) is 3.28. The van der Waals surface area contributed by atoms with Crippen LogP contribution in [0.15, 0.2) is 42.5 Å². The van der Waals surface area contributed by atoms with Crippen LogP contribution in [0.4, 0.5) is 4.39 Å². The number of likely N-dealkylation sites (tertiary alicyclic amines) is 1. The van der Waals surface area contributed by atoms with Crippen molar-refractivity contribution in [1.82, 2.24) is 9.80 Å². The van der Waals surface area contributed by atoms with Gasteiger partial charge in [0.2, 0.25) is 5.91 Å². The lowest BCUT2D eigenvalue weighted by molar-refractivity contribution is -0.144. The number of carboxylic acid groups (broad SMARTS) is 1. The minimum atomic E-state index is -0.946. The highest BCUT2D eigenvalue weighted by Crippen LogP contribution is 2.47. The highest BCUT2D eigenvalue weighted by atomic mass is 19.1. The molecule has 0 radical (unpaired) electrons. The first-order valence-corrected chi connectivity index (χ1v) is 13.3. The molecule has 2 aliphatic heterocycles. The van der Waals surface area contributed by atoms with E-state index in [1.54, 1.807) is 12.1 Å². The second-order valence-corrected chi connectivity index (χ2v) is 9.89. The summed E-state index contributed by atoms with van der Waals surface area (Å²) < 4.78 is 25.2. The van der Waals surface area contributed by atoms with Crippen LogP contribution in [-0.4, -0.2) is 66.2 Å². The summed E-state index contributed by atoms with van der Waals surface area (Å²) in [6.07, 6.45) is 3.83. The molecule has 3 atom stereocenters. The number of hydrogen-bond acceptors (Lipinski definition) is 5. The summed E-state index contributed by atoms with van der Waals surface area (Å²) in [6.45, 7) is 7.00. The normalized spacial score (nSPS) is 21.1. The van der Waals surface area contributed by atoms with Gasteiger partial charge < -0.3 is 19.5 Å². The van der Waals surface area contributed by atoms with Crippen molar-refractivity contribution in [3.8, 4) is 11.5 Å². The van der Waals surface area contributed by atoms with Gasteiger partial charge in [0, 0.05) is 31.6 Å². The standard InChI is InChI=1S/C29H37FN2O5/c1-3-5-13-31(14-6-4-2)26(33)19-32-18-23(21-9-12-24-25(17-21)37-16-15-36-24)27(29(34)35)28(32)20-7-10-22(30)11-8-20/h7-12,17,23,27-28H,3-6,13-16,18-19H2,1-2H3,(H,34,35)/t23-,27+,28-/m1/s1. The fraction of sp³-hybridized carbons (Fsp3) is 0.517. The van der Waals surface area contributed by atoms with E-state index in [1.165, 1.54) is 12.1 Å². The lowest BCUT2D eigenvalue weighted by Crippen LogP contribution is -2.42. The Balaban J connectivity index is 1.67. The summed E-state index contributed by atoms with van der Waals surface area (Å²) in [5.41, 5.74) is 1.52. The number of ether oxygens (including phenoxy) is 2. The molecule has 2 aliphatic rings. The van der Waals surface area contributed by atoms with Gasteiger partial charge in [0.15, 0.2) is 11.5 Å². The predicted octanol–water partition coefficient (Wildman–Crippen LogP) is 4.87. The van der Waals surface area contributed by atoms with Crippen LogP contribution in [0.3, 0.4) is 0 Å². The summed E-state index contributed by atoms with van der Waals surface area (Å²) in [6, 6.07) is 10.9. The molecule has 1 saturated heterocycles. The Morgan fingerprint density at radius 3 is 2.22 bits per heavy atom. The molecule has 7 nitrogen and oxygen atoms in total. The Morgan fingerprint density at radius 1 is 0.973 bits per heavy atom. The molecule has 0 saturated carbocycles. The first kappa shape index (κ1) is 26.9. The number of fused-ring (bicyclic) bond motifs is 1. The molecule has 2 aromatic rings. The number of nitrogens with zero attached hydrogens (tertiary/aromatic N) is 2. The Hall–Kier alpha value is -3.13. The molecule has 200 valence electrons. The topological polar surface area (TPSA) is 79.3 Å². The second-order valence-electron chi connectivity index (χ2n) is 9.89. The van der Waals surface area contributed by atoms with Crippen molar-refractivity contribution in [1.29, 1.82) is 0 Å². The molecule has 0 unspecified atom stereocenters. The number of rotatable bonds is 11. The summed E-state index contributed by atoms with van der Waals surface area (Å²) in [7, 11) is 0. The fourth-order valence-corrected chi connectivity index (χ4v) is 5.41. The van der Waals surface area contributed by atoms with Gasteiger partial charge in [-0.15, -0.1) is 0 Å². The first-order chi connectivity index (χ1) is 17.9. The Labute approximate surface area is 218 Å². The van der Waals surface area contributed by atoms with Gasteiger partial charge in [0.05, 0.1) is 12.5 Å². The Morgan fingerprint density at radius 2 is 1.59 bits per heavy atom. The van der Waals surface area contributed by atoms with Crippen LogP contribution < -0.4 is 9.47 Å². The van der Waals surface area contributed by atoms with E-state index in [0.29, 0.717) is 49.9 Å². The molecule has 1 amide bonds. The third-order valence-electron chi connectivity index (χ3n) is 7.34. The van der Waals surface area contributed by atoms with Crippen LogP contribution >= 0.6 is 0 Å². The van der Waals surface area contributed by atoms with Crippen LogP contribution in [-0.2, 0) is 9.59 Å². The smallest absolute Gasteiger partial charge is 0.309 e. The van der Waals surface area contributed by atoms with Crippen LogP contribution in [0.25, 0.3) is 0 Å². The zero-order valence-electron chi connectivity index (χ0n) is 21.7. The first-order valence-electron chi connectivity index (χ1n) is 13.3. The van der Waals surface area contributed by atoms with Gasteiger partial charge in [-0.05, 0) is 48.2 Å². The fourth-order valence-electron chi connectivity index (χ4n) is 5.41. The van der Waals surface area contributed by atoms with E-state index >= 15 is 0 Å². The van der Waals surface area contributed by atoms with Crippen molar-refractivity contribution in [3.05, 3.63) is 59.4 Å². The van der Waals surface area contributed by atoms with E-state index in [1.807, 2.05) is 28.0 Å². The van der Waals surface area contributed by atoms with Crippen molar-refractivity contribution in [2.45, 2.75) is 51.5 Å². The van der Waals surface area contributed by atoms with Crippen LogP contribution in [0.5, 0.6) is 11.5 Å². The summed E-state index contributed by atoms with van der Waals surface area (Å²) in [5, 5.41) is 10.4. The molecule has 0 spiro atoms. The number of carboxylic acids is 1. The largest absolute Gasteiger partial charge is 0.486 e. The van der Waals surface area contributed by atoms with Crippen molar-refractivity contribution in [3.63, 3.8) is 0 Å². The number of hydrogen-bond donors (Lipinski definition) is 1. The van der Waals surface area contributed by atoms with E-state index in [-0.39, 0.29) is 24.2 Å². The number of unbranched alkanes of at least 4 members (excludes halogenated alkanes) is 2. The molecular weight excluding hydrogens is 475 g/mol. The van der Waals surface area contributed by atoms with E-state index in [9.17, 15) is 19.1 Å². The number of carbonyl (C=O) groups excluding carboxylic acids is 1. The molecule has 8 heteroatoms. The third-order valence-corrected chi connectivity index (χ3v) is 7.34. The lowest BCUT2D eigenvalue weighted by atomic mass is 9.82. The van der Waals surface area contributed by atoms with Crippen LogP contribution in [0.1, 0.15) is 62.6 Å². The SMILES string of the molecule is CCCCN(CCCC)C(=O)CN1C[C@H](c2ccc3c(c2)OCCO3)[C@H](C(=O)O)[C@H]1c1ccc(F)cc1. The van der Waals surface area contributed by atoms with E-state index in [4.69, 9.17) is 9.47 Å². The molecule has 1 fully saturated rings. The Kier molecular flexibility index (Phi) is 9.03. The van der Waals surface area contributed by atoms with Gasteiger partial charge in [0.25, 0.3) is 0 Å². The maximum absolute atomic E-state index is 13.8. The molecular formula is C29H37FN2O5. The minimum Gasteiger partial charge on any atom is -0.486 e. The molecule has 0 bridgehead atoms. The highest BCUT2D eigenvalue weighted by molar-refractivity contribution is 5.79. The van der Waals surface area contributed by atoms with E-state index in [0.717, 1.165) is 31.2 Å². The van der Waals surface area contributed by atoms with Gasteiger partial charge in [-0.1, -0.05) is 44.9 Å². The van der Waals surface area contributed by atoms with Gasteiger partial charge in [0.1, 0.15) is 19.0 Å². The zero-order chi connectivity index (χ0) is 26.4. The van der Waals surface area contributed by atoms with Crippen LogP contribution in [0.2, 0.25) is 0 Å². The quantitative estimate of drug-likeness (QED) is 0.463. The highest BCUT2D eigenvalue weighted by Gasteiger charge is 2.48. The van der Waals surface area contributed by atoms with Gasteiger partial charge in [-0.25, -0.2) is 4.39 Å². The van der Waals surface area contributed by atoms with Crippen LogP contribution in [0, 0.1) is 11.7 Å². The summed E-state index contributed by atoms with van der Waals surface area (Å²) in [5.74, 6) is -1.28. The zero-order valence-corrected chi connectivity index (χ0v) is 21.7. The van der Waals surface area contributed by atoms with E-state index < -0.39 is 17.9 Å². The number of benzene rings is 2. The van der Waals surface area contributed by atoms with Crippen molar-refractivity contribution in [2.24, 2.45) is 5.92 Å². The Bertz CT molecular complexity index is 1070. The lowest BCUT2D eigenvalue weighted by Gasteiger charge is -2.30. The number of aliphatic carboxylic acids is 1. The maximum atomic E-state index is 13.8. The van der Waals surface area contributed by atoms with Gasteiger partial charge in [-0.3, -0.25) is 14.5 Å². The van der Waals surface area contributed by atoms with Crippen molar-refractivity contribution >= 4 is 11.9 Å². The van der Waals surface area contributed by atoms with Gasteiger partial charge >= 0.3 is 5.97 Å². The molecule has 4 rings (SSSR count). The third kappa shape index (κ3) is 6.24. The monoisotopic (exact) mass is 512 g/mol. The number of amides is 1. The average molecular weight is 513 g/mol.